The number of hydrogen-bond acceptors (Lipinski definition) is 1. The summed E-state index contributed by atoms with van der Waals surface area (Å²) < 4.78 is 1.26. The molecule has 3 heteroatoms. The van der Waals surface area contributed by atoms with Crippen molar-refractivity contribution in [2.45, 2.75) is 18.9 Å². The fourth-order valence-corrected chi connectivity index (χ4v) is 2.78. The van der Waals surface area contributed by atoms with E-state index in [1.165, 1.54) is 27.7 Å². The molecule has 2 aromatic carbocycles. The minimum absolute atomic E-state index is 0.400. The Morgan fingerprint density at radius 1 is 1.00 bits per heavy atom. The fourth-order valence-electron chi connectivity index (χ4n) is 2.30. The SMILES string of the molecule is Clc1ccc(C(Nc2ccc(I)cc2)C2CC2)cc1. The number of anilines is 1. The summed E-state index contributed by atoms with van der Waals surface area (Å²) in [5, 5.41) is 4.46. The van der Waals surface area contributed by atoms with Crippen LogP contribution >= 0.6 is 34.2 Å². The first-order chi connectivity index (χ1) is 9.22. The molecule has 1 unspecified atom stereocenters. The van der Waals surface area contributed by atoms with Crippen LogP contribution in [0, 0.1) is 9.49 Å². The van der Waals surface area contributed by atoms with E-state index in [9.17, 15) is 0 Å². The van der Waals surface area contributed by atoms with Crippen LogP contribution in [0.1, 0.15) is 24.4 Å². The van der Waals surface area contributed by atoms with Crippen LogP contribution in [0.25, 0.3) is 0 Å². The summed E-state index contributed by atoms with van der Waals surface area (Å²) in [4.78, 5) is 0. The van der Waals surface area contributed by atoms with Crippen molar-refractivity contribution in [3.63, 3.8) is 0 Å². The summed E-state index contributed by atoms with van der Waals surface area (Å²) in [5.74, 6) is 0.750. The third-order valence-corrected chi connectivity index (χ3v) is 4.46. The van der Waals surface area contributed by atoms with Crippen LogP contribution in [0.2, 0.25) is 5.02 Å². The van der Waals surface area contributed by atoms with Crippen molar-refractivity contribution in [1.82, 2.24) is 0 Å². The Labute approximate surface area is 132 Å². The van der Waals surface area contributed by atoms with Gasteiger partial charge in [-0.2, -0.15) is 0 Å². The van der Waals surface area contributed by atoms with Crippen LogP contribution in [-0.2, 0) is 0 Å². The molecule has 19 heavy (non-hydrogen) atoms. The van der Waals surface area contributed by atoms with Crippen LogP contribution < -0.4 is 5.32 Å². The van der Waals surface area contributed by atoms with Gasteiger partial charge >= 0.3 is 0 Å². The number of nitrogens with one attached hydrogen (secondary N) is 1. The Hall–Kier alpha value is -0.740. The van der Waals surface area contributed by atoms with Gasteiger partial charge in [0.25, 0.3) is 0 Å². The highest BCUT2D eigenvalue weighted by molar-refractivity contribution is 14.1. The summed E-state index contributed by atoms with van der Waals surface area (Å²) in [6.07, 6.45) is 2.62. The average Bonchev–Trinajstić information content (AvgIpc) is 3.24. The lowest BCUT2D eigenvalue weighted by Gasteiger charge is -2.20. The van der Waals surface area contributed by atoms with Gasteiger partial charge in [0.15, 0.2) is 0 Å². The molecule has 0 saturated heterocycles. The smallest absolute Gasteiger partial charge is 0.0542 e. The molecule has 1 aliphatic rings. The van der Waals surface area contributed by atoms with Crippen LogP contribution in [0.5, 0.6) is 0 Å². The van der Waals surface area contributed by atoms with Gasteiger partial charge in [-0.25, -0.2) is 0 Å². The van der Waals surface area contributed by atoms with Gasteiger partial charge in [0.2, 0.25) is 0 Å². The molecule has 1 atom stereocenters. The van der Waals surface area contributed by atoms with Crippen molar-refractivity contribution in [2.75, 3.05) is 5.32 Å². The van der Waals surface area contributed by atoms with Crippen molar-refractivity contribution in [1.29, 1.82) is 0 Å². The molecule has 1 saturated carbocycles. The topological polar surface area (TPSA) is 12.0 Å². The summed E-state index contributed by atoms with van der Waals surface area (Å²) in [6, 6.07) is 17.2. The predicted octanol–water partition coefficient (Wildman–Crippen LogP) is 5.51. The van der Waals surface area contributed by atoms with E-state index >= 15 is 0 Å². The standard InChI is InChI=1S/C16H15ClIN/c17-13-5-3-12(4-6-13)16(11-1-2-11)19-15-9-7-14(18)8-10-15/h3-11,16,19H,1-2H2. The van der Waals surface area contributed by atoms with E-state index < -0.39 is 0 Å². The second kappa shape index (κ2) is 5.71. The van der Waals surface area contributed by atoms with Gasteiger partial charge in [-0.15, -0.1) is 0 Å². The molecule has 0 spiro atoms. The molecule has 0 radical (unpaired) electrons. The Kier molecular flexibility index (Phi) is 3.99. The molecule has 1 fully saturated rings. The van der Waals surface area contributed by atoms with Gasteiger partial charge in [0, 0.05) is 14.3 Å². The van der Waals surface area contributed by atoms with E-state index in [0.717, 1.165) is 10.9 Å². The van der Waals surface area contributed by atoms with E-state index in [2.05, 4.69) is 64.3 Å². The third kappa shape index (κ3) is 3.42. The first-order valence-corrected chi connectivity index (χ1v) is 7.95. The van der Waals surface area contributed by atoms with E-state index in [1.807, 2.05) is 12.1 Å². The zero-order valence-corrected chi connectivity index (χ0v) is 13.4. The van der Waals surface area contributed by atoms with Gasteiger partial charge in [-0.1, -0.05) is 23.7 Å². The zero-order chi connectivity index (χ0) is 13.2. The van der Waals surface area contributed by atoms with E-state index in [0.29, 0.717) is 6.04 Å². The van der Waals surface area contributed by atoms with Crippen LogP contribution in [-0.4, -0.2) is 0 Å². The quantitative estimate of drug-likeness (QED) is 0.687. The van der Waals surface area contributed by atoms with Crippen molar-refractivity contribution in [3.8, 4) is 0 Å². The molecular weight excluding hydrogens is 369 g/mol. The lowest BCUT2D eigenvalue weighted by Crippen LogP contribution is -2.12. The van der Waals surface area contributed by atoms with Crippen LogP contribution in [0.4, 0.5) is 5.69 Å². The number of halogens is 2. The largest absolute Gasteiger partial charge is 0.378 e. The number of rotatable bonds is 4. The molecule has 0 aromatic heterocycles. The Bertz CT molecular complexity index is 546. The van der Waals surface area contributed by atoms with Gasteiger partial charge in [-0.05, 0) is 83.3 Å². The lowest BCUT2D eigenvalue weighted by molar-refractivity contribution is 0.679. The molecule has 0 heterocycles. The van der Waals surface area contributed by atoms with E-state index in [1.54, 1.807) is 0 Å². The first-order valence-electron chi connectivity index (χ1n) is 6.50. The minimum Gasteiger partial charge on any atom is -0.378 e. The highest BCUT2D eigenvalue weighted by Gasteiger charge is 2.32. The van der Waals surface area contributed by atoms with Crippen LogP contribution in [0.3, 0.4) is 0 Å². The maximum absolute atomic E-state index is 5.97. The van der Waals surface area contributed by atoms with E-state index in [-0.39, 0.29) is 0 Å². The summed E-state index contributed by atoms with van der Waals surface area (Å²) >= 11 is 8.30. The maximum atomic E-state index is 5.97. The Balaban J connectivity index is 1.81. The summed E-state index contributed by atoms with van der Waals surface area (Å²) in [6.45, 7) is 0. The van der Waals surface area contributed by atoms with Gasteiger partial charge in [0.05, 0.1) is 6.04 Å². The van der Waals surface area contributed by atoms with Crippen LogP contribution in [0.15, 0.2) is 48.5 Å². The second-order valence-corrected chi connectivity index (χ2v) is 6.70. The molecule has 0 amide bonds. The summed E-state index contributed by atoms with van der Waals surface area (Å²) in [7, 11) is 0. The lowest BCUT2D eigenvalue weighted by atomic mass is 10.0. The average molecular weight is 384 g/mol. The van der Waals surface area contributed by atoms with Gasteiger partial charge in [-0.3, -0.25) is 0 Å². The second-order valence-electron chi connectivity index (χ2n) is 5.02. The normalized spacial score (nSPS) is 16.1. The predicted molar refractivity (Wildman–Crippen MR) is 89.7 cm³/mol. The van der Waals surface area contributed by atoms with Gasteiger partial charge in [0.1, 0.15) is 0 Å². The fraction of sp³-hybridized carbons (Fsp3) is 0.250. The van der Waals surface area contributed by atoms with Gasteiger partial charge < -0.3 is 5.32 Å². The summed E-state index contributed by atoms with van der Waals surface area (Å²) in [5.41, 5.74) is 2.51. The Morgan fingerprint density at radius 2 is 1.63 bits per heavy atom. The molecule has 0 bridgehead atoms. The molecule has 3 rings (SSSR count). The molecule has 98 valence electrons. The third-order valence-electron chi connectivity index (χ3n) is 3.49. The first kappa shape index (κ1) is 13.3. The Morgan fingerprint density at radius 3 is 2.21 bits per heavy atom. The minimum atomic E-state index is 0.400. The molecular formula is C16H15ClIN. The number of hydrogen-bond donors (Lipinski definition) is 1. The maximum Gasteiger partial charge on any atom is 0.0542 e. The van der Waals surface area contributed by atoms with Crippen molar-refractivity contribution in [3.05, 3.63) is 62.7 Å². The molecule has 1 aliphatic carbocycles. The molecule has 0 aliphatic heterocycles. The van der Waals surface area contributed by atoms with Crippen molar-refractivity contribution >= 4 is 39.9 Å². The molecule has 1 nitrogen and oxygen atoms in total. The monoisotopic (exact) mass is 383 g/mol. The van der Waals surface area contributed by atoms with E-state index in [4.69, 9.17) is 11.6 Å². The van der Waals surface area contributed by atoms with Crippen molar-refractivity contribution in [2.24, 2.45) is 5.92 Å². The number of benzene rings is 2. The molecule has 1 N–H and O–H groups in total. The van der Waals surface area contributed by atoms with Crippen molar-refractivity contribution < 1.29 is 0 Å². The highest BCUT2D eigenvalue weighted by Crippen LogP contribution is 2.43. The zero-order valence-electron chi connectivity index (χ0n) is 10.4. The highest BCUT2D eigenvalue weighted by atomic mass is 127. The molecule has 2 aromatic rings.